The Balaban J connectivity index is 3.87. The van der Waals surface area contributed by atoms with E-state index in [0.29, 0.717) is 17.4 Å². The number of nitrogens with zero attached hydrogens (tertiary/aromatic N) is 1. The average molecular weight is 1050 g/mol. The van der Waals surface area contributed by atoms with Gasteiger partial charge in [-0.25, -0.2) is 0 Å². The maximum Gasteiger partial charge on any atom is 0.268 e. The van der Waals surface area contributed by atoms with Gasteiger partial charge in [0.1, 0.15) is 13.2 Å². The Morgan fingerprint density at radius 2 is 0.767 bits per heavy atom. The number of amides is 1. The zero-order valence-electron chi connectivity index (χ0n) is 49.4. The van der Waals surface area contributed by atoms with Gasteiger partial charge < -0.3 is 28.8 Å². The normalized spacial score (nSPS) is 14.0. The molecular formula is C64H125N2O6P. The van der Waals surface area contributed by atoms with Crippen LogP contribution in [0.1, 0.15) is 316 Å². The van der Waals surface area contributed by atoms with Gasteiger partial charge in [-0.3, -0.25) is 9.36 Å². The molecule has 432 valence electrons. The first kappa shape index (κ1) is 71.7. The van der Waals surface area contributed by atoms with E-state index in [1.54, 1.807) is 6.08 Å². The van der Waals surface area contributed by atoms with E-state index in [1.807, 2.05) is 27.2 Å². The molecule has 0 saturated carbocycles. The Morgan fingerprint density at radius 1 is 0.466 bits per heavy atom. The monoisotopic (exact) mass is 1050 g/mol. The molecule has 0 aromatic carbocycles. The van der Waals surface area contributed by atoms with Crippen molar-refractivity contribution in [1.82, 2.24) is 5.32 Å². The molecular weight excluding hydrogens is 924 g/mol. The first-order chi connectivity index (χ1) is 35.5. The number of phosphoric ester groups is 1. The minimum absolute atomic E-state index is 0.00763. The zero-order chi connectivity index (χ0) is 53.5. The van der Waals surface area contributed by atoms with Crippen molar-refractivity contribution in [2.24, 2.45) is 0 Å². The maximum absolute atomic E-state index is 12.9. The zero-order valence-corrected chi connectivity index (χ0v) is 50.3. The second-order valence-corrected chi connectivity index (χ2v) is 24.5. The van der Waals surface area contributed by atoms with Crippen LogP contribution in [-0.4, -0.2) is 68.5 Å². The highest BCUT2D eigenvalue weighted by molar-refractivity contribution is 7.45. The van der Waals surface area contributed by atoms with E-state index in [4.69, 9.17) is 9.05 Å². The van der Waals surface area contributed by atoms with Crippen LogP contribution in [0.3, 0.4) is 0 Å². The summed E-state index contributed by atoms with van der Waals surface area (Å²) in [4.78, 5) is 25.5. The second kappa shape index (κ2) is 55.5. The van der Waals surface area contributed by atoms with Crippen LogP contribution in [0.5, 0.6) is 0 Å². The van der Waals surface area contributed by atoms with Crippen molar-refractivity contribution >= 4 is 13.7 Å². The van der Waals surface area contributed by atoms with E-state index in [1.165, 1.54) is 244 Å². The van der Waals surface area contributed by atoms with Crippen LogP contribution in [-0.2, 0) is 18.4 Å². The van der Waals surface area contributed by atoms with Crippen molar-refractivity contribution in [2.45, 2.75) is 328 Å². The van der Waals surface area contributed by atoms with Gasteiger partial charge >= 0.3 is 0 Å². The molecule has 0 fully saturated rings. The maximum atomic E-state index is 12.9. The first-order valence-corrected chi connectivity index (χ1v) is 33.3. The molecule has 0 aromatic rings. The summed E-state index contributed by atoms with van der Waals surface area (Å²) in [6, 6.07) is -0.907. The highest BCUT2D eigenvalue weighted by atomic mass is 31.2. The Kier molecular flexibility index (Phi) is 54.5. The number of carbonyl (C=O) groups excluding carboxylic acids is 1. The van der Waals surface area contributed by atoms with Gasteiger partial charge in [0.15, 0.2) is 0 Å². The lowest BCUT2D eigenvalue weighted by molar-refractivity contribution is -0.870. The van der Waals surface area contributed by atoms with E-state index in [9.17, 15) is 19.4 Å². The number of hydrogen-bond donors (Lipinski definition) is 2. The fraction of sp³-hybridized carbons (Fsp3) is 0.891. The van der Waals surface area contributed by atoms with E-state index in [-0.39, 0.29) is 12.5 Å². The van der Waals surface area contributed by atoms with Crippen molar-refractivity contribution in [3.63, 3.8) is 0 Å². The molecule has 9 heteroatoms. The van der Waals surface area contributed by atoms with Crippen LogP contribution in [0.2, 0.25) is 0 Å². The van der Waals surface area contributed by atoms with Gasteiger partial charge in [-0.1, -0.05) is 301 Å². The molecule has 0 heterocycles. The predicted molar refractivity (Wildman–Crippen MR) is 316 cm³/mol. The van der Waals surface area contributed by atoms with Crippen molar-refractivity contribution in [1.29, 1.82) is 0 Å². The number of phosphoric acid groups is 1. The first-order valence-electron chi connectivity index (χ1n) is 31.9. The van der Waals surface area contributed by atoms with Gasteiger partial charge in [-0.05, 0) is 44.9 Å². The van der Waals surface area contributed by atoms with Gasteiger partial charge in [-0.2, -0.15) is 0 Å². The minimum Gasteiger partial charge on any atom is -0.756 e. The number of unbranched alkanes of at least 4 members (excludes halogenated alkanes) is 42. The molecule has 1 amide bonds. The Morgan fingerprint density at radius 3 is 1.11 bits per heavy atom. The van der Waals surface area contributed by atoms with Crippen LogP contribution >= 0.6 is 7.82 Å². The average Bonchev–Trinajstić information content (AvgIpc) is 3.35. The molecule has 0 rings (SSSR count). The topological polar surface area (TPSA) is 108 Å². The van der Waals surface area contributed by atoms with Crippen molar-refractivity contribution in [3.05, 3.63) is 36.5 Å². The molecule has 8 nitrogen and oxygen atoms in total. The number of allylic oxidation sites excluding steroid dienone is 5. The molecule has 0 aliphatic carbocycles. The van der Waals surface area contributed by atoms with Crippen LogP contribution in [0.25, 0.3) is 0 Å². The highest BCUT2D eigenvalue weighted by Gasteiger charge is 2.23. The quantitative estimate of drug-likeness (QED) is 0.0272. The van der Waals surface area contributed by atoms with Gasteiger partial charge in [0.25, 0.3) is 7.82 Å². The van der Waals surface area contributed by atoms with E-state index >= 15 is 0 Å². The summed E-state index contributed by atoms with van der Waals surface area (Å²) in [5, 5.41) is 13.8. The Hall–Kier alpha value is -1.28. The summed E-state index contributed by atoms with van der Waals surface area (Å²) in [6.07, 6.45) is 72.8. The predicted octanol–water partition coefficient (Wildman–Crippen LogP) is 19.1. The third kappa shape index (κ3) is 58.2. The number of hydrogen-bond acceptors (Lipinski definition) is 6. The van der Waals surface area contributed by atoms with Crippen LogP contribution in [0.15, 0.2) is 36.5 Å². The van der Waals surface area contributed by atoms with Crippen molar-refractivity contribution < 1.29 is 32.9 Å². The van der Waals surface area contributed by atoms with Gasteiger partial charge in [0, 0.05) is 6.42 Å². The Bertz CT molecular complexity index is 1280. The second-order valence-electron chi connectivity index (χ2n) is 23.1. The number of quaternary nitrogens is 1. The Labute approximate surface area is 455 Å². The lowest BCUT2D eigenvalue weighted by Crippen LogP contribution is -2.45. The molecule has 0 aliphatic rings. The van der Waals surface area contributed by atoms with Crippen molar-refractivity contribution in [2.75, 3.05) is 40.9 Å². The number of aliphatic hydroxyl groups excluding tert-OH is 1. The molecule has 73 heavy (non-hydrogen) atoms. The summed E-state index contributed by atoms with van der Waals surface area (Å²) >= 11 is 0. The number of carbonyl (C=O) groups is 1. The summed E-state index contributed by atoms with van der Waals surface area (Å²) in [5.74, 6) is -0.207. The third-order valence-electron chi connectivity index (χ3n) is 14.6. The lowest BCUT2D eigenvalue weighted by atomic mass is 10.0. The van der Waals surface area contributed by atoms with Crippen molar-refractivity contribution in [3.8, 4) is 0 Å². The van der Waals surface area contributed by atoms with Gasteiger partial charge in [0.05, 0.1) is 39.9 Å². The van der Waals surface area contributed by atoms with Gasteiger partial charge in [0.2, 0.25) is 5.91 Å². The SMILES string of the molecule is CCCCC/C=C/CC/C=C/CC/C=C/C(O)C(COP(=O)([O-])OCC[N+](C)(C)C)NC(=O)CCCCCCCCCCCCCCCCCCCCCCCCCCCCCCCCCCCCCCCC. The molecule has 3 unspecified atom stereocenters. The standard InChI is InChI=1S/C64H125N2O6P/c1-6-8-10-12-14-16-18-20-21-22-23-24-25-26-27-28-29-30-31-32-33-34-35-36-37-38-39-40-41-42-43-44-46-48-50-52-54-56-58-64(68)65-62(61-72-73(69,70)71-60-59-66(3,4)5)63(67)57-55-53-51-49-47-45-19-17-15-13-11-9-7-2/h15,17,47,49,55,57,62-63,67H,6-14,16,18-46,48,50-54,56,58-61H2,1-5H3,(H-,65,68,69,70)/b17-15+,49-47+,57-55+. The number of rotatable bonds is 59. The molecule has 0 aliphatic heterocycles. The highest BCUT2D eigenvalue weighted by Crippen LogP contribution is 2.38. The van der Waals surface area contributed by atoms with Crippen LogP contribution in [0.4, 0.5) is 0 Å². The smallest absolute Gasteiger partial charge is 0.268 e. The molecule has 0 aromatic heterocycles. The van der Waals surface area contributed by atoms with Gasteiger partial charge in [-0.15, -0.1) is 0 Å². The molecule has 0 bridgehead atoms. The molecule has 0 radical (unpaired) electrons. The summed E-state index contributed by atoms with van der Waals surface area (Å²) < 4.78 is 23.3. The van der Waals surface area contributed by atoms with E-state index in [2.05, 4.69) is 43.5 Å². The summed E-state index contributed by atoms with van der Waals surface area (Å²) in [7, 11) is 1.24. The molecule has 0 spiro atoms. The number of aliphatic hydroxyl groups is 1. The fourth-order valence-corrected chi connectivity index (χ4v) is 10.3. The fourth-order valence-electron chi connectivity index (χ4n) is 9.60. The van der Waals surface area contributed by atoms with Crippen LogP contribution in [0, 0.1) is 0 Å². The molecule has 2 N–H and O–H groups in total. The summed E-state index contributed by atoms with van der Waals surface area (Å²) in [5.41, 5.74) is 0. The lowest BCUT2D eigenvalue weighted by Gasteiger charge is -2.29. The third-order valence-corrected chi connectivity index (χ3v) is 15.5. The van der Waals surface area contributed by atoms with E-state index in [0.717, 1.165) is 51.4 Å². The van der Waals surface area contributed by atoms with E-state index < -0.39 is 26.6 Å². The number of likely N-dealkylation sites (N-methyl/N-ethyl adjacent to an activating group) is 1. The molecule has 3 atom stereocenters. The number of nitrogens with one attached hydrogen (secondary N) is 1. The molecule has 0 saturated heterocycles. The summed E-state index contributed by atoms with van der Waals surface area (Å²) in [6.45, 7) is 4.62. The largest absolute Gasteiger partial charge is 0.756 e. The van der Waals surface area contributed by atoms with Crippen LogP contribution < -0.4 is 10.2 Å². The minimum atomic E-state index is -4.60.